The number of rotatable bonds is 5. The molecule has 0 atom stereocenters. The van der Waals surface area contributed by atoms with Gasteiger partial charge in [0.1, 0.15) is 0 Å². The Bertz CT molecular complexity index is 546. The highest BCUT2D eigenvalue weighted by Gasteiger charge is 2.06. The number of benzene rings is 1. The maximum atomic E-state index is 13.5. The summed E-state index contributed by atoms with van der Waals surface area (Å²) in [6.45, 7) is 3.71. The van der Waals surface area contributed by atoms with Crippen molar-refractivity contribution in [3.63, 3.8) is 0 Å². The summed E-state index contributed by atoms with van der Waals surface area (Å²) in [5.74, 6) is 0.111. The number of hydrogen-bond donors (Lipinski definition) is 1. The van der Waals surface area contributed by atoms with Crippen molar-refractivity contribution >= 4 is 15.9 Å². The summed E-state index contributed by atoms with van der Waals surface area (Å²) in [5, 5.41) is 3.20. The van der Waals surface area contributed by atoms with Crippen LogP contribution >= 0.6 is 15.9 Å². The molecule has 1 heterocycles. The van der Waals surface area contributed by atoms with Crippen molar-refractivity contribution in [1.29, 1.82) is 0 Å². The summed E-state index contributed by atoms with van der Waals surface area (Å²) in [4.78, 5) is 4.15. The lowest BCUT2D eigenvalue weighted by Gasteiger charge is -2.07. The van der Waals surface area contributed by atoms with Gasteiger partial charge in [-0.1, -0.05) is 28.9 Å². The quantitative estimate of drug-likeness (QED) is 0.906. The zero-order chi connectivity index (χ0) is 13.7. The van der Waals surface area contributed by atoms with Gasteiger partial charge < -0.3 is 10.1 Å². The van der Waals surface area contributed by atoms with Gasteiger partial charge in [0.15, 0.2) is 11.6 Å². The fourth-order valence-electron chi connectivity index (χ4n) is 1.51. The number of nitrogens with zero attached hydrogens (tertiary/aromatic N) is 1. The van der Waals surface area contributed by atoms with Gasteiger partial charge in [0, 0.05) is 23.3 Å². The Kier molecular flexibility index (Phi) is 4.87. The zero-order valence-electron chi connectivity index (χ0n) is 10.5. The molecule has 2 rings (SSSR count). The van der Waals surface area contributed by atoms with Gasteiger partial charge in [-0.25, -0.2) is 9.37 Å². The van der Waals surface area contributed by atoms with Crippen LogP contribution in [0.15, 0.2) is 41.0 Å². The second-order valence-corrected chi connectivity index (χ2v) is 4.88. The van der Waals surface area contributed by atoms with Gasteiger partial charge in [-0.3, -0.25) is 0 Å². The molecule has 1 aromatic heterocycles. The van der Waals surface area contributed by atoms with E-state index in [4.69, 9.17) is 4.74 Å². The van der Waals surface area contributed by atoms with Crippen LogP contribution in [0.5, 0.6) is 11.6 Å². The topological polar surface area (TPSA) is 34.1 Å². The Morgan fingerprint density at radius 2 is 2.16 bits per heavy atom. The van der Waals surface area contributed by atoms with Crippen molar-refractivity contribution in [3.05, 3.63) is 52.4 Å². The van der Waals surface area contributed by atoms with Crippen LogP contribution in [0.4, 0.5) is 4.39 Å². The highest BCUT2D eigenvalue weighted by atomic mass is 79.9. The summed E-state index contributed by atoms with van der Waals surface area (Å²) in [7, 11) is 0. The Morgan fingerprint density at radius 3 is 2.84 bits per heavy atom. The molecule has 0 spiro atoms. The van der Waals surface area contributed by atoms with Crippen LogP contribution in [-0.4, -0.2) is 11.5 Å². The van der Waals surface area contributed by atoms with Crippen molar-refractivity contribution in [2.75, 3.05) is 6.54 Å². The normalized spacial score (nSPS) is 10.5. The molecule has 1 N–H and O–H groups in total. The predicted octanol–water partition coefficient (Wildman–Crippen LogP) is 3.89. The van der Waals surface area contributed by atoms with Gasteiger partial charge in [0.25, 0.3) is 0 Å². The van der Waals surface area contributed by atoms with E-state index in [0.717, 1.165) is 23.1 Å². The molecule has 0 fully saturated rings. The molecular weight excluding hydrogens is 311 g/mol. The van der Waals surface area contributed by atoms with Crippen molar-refractivity contribution < 1.29 is 9.13 Å². The number of pyridine rings is 1. The van der Waals surface area contributed by atoms with E-state index in [2.05, 4.69) is 26.2 Å². The molecule has 1 aromatic carbocycles. The van der Waals surface area contributed by atoms with E-state index in [-0.39, 0.29) is 5.75 Å². The van der Waals surface area contributed by atoms with E-state index < -0.39 is 5.82 Å². The fourth-order valence-corrected chi connectivity index (χ4v) is 1.85. The van der Waals surface area contributed by atoms with Crippen molar-refractivity contribution in [1.82, 2.24) is 10.3 Å². The molecule has 3 nitrogen and oxygen atoms in total. The number of ether oxygens (including phenoxy) is 1. The fraction of sp³-hybridized carbons (Fsp3) is 0.214. The minimum atomic E-state index is -0.415. The first-order valence-corrected chi connectivity index (χ1v) is 6.77. The number of halogens is 2. The van der Waals surface area contributed by atoms with E-state index in [0.29, 0.717) is 5.88 Å². The number of hydrogen-bond acceptors (Lipinski definition) is 3. The third kappa shape index (κ3) is 4.01. The molecule has 0 amide bonds. The van der Waals surface area contributed by atoms with Crippen molar-refractivity contribution in [2.45, 2.75) is 13.5 Å². The average molecular weight is 325 g/mol. The van der Waals surface area contributed by atoms with Crippen LogP contribution in [0.25, 0.3) is 0 Å². The molecule has 0 saturated heterocycles. The van der Waals surface area contributed by atoms with Crippen LogP contribution < -0.4 is 10.1 Å². The number of aromatic nitrogens is 1. The lowest BCUT2D eigenvalue weighted by molar-refractivity contribution is 0.426. The van der Waals surface area contributed by atoms with Crippen molar-refractivity contribution in [2.24, 2.45) is 0 Å². The molecule has 100 valence electrons. The monoisotopic (exact) mass is 324 g/mol. The largest absolute Gasteiger partial charge is 0.436 e. The first kappa shape index (κ1) is 14.0. The SMILES string of the molecule is CCNCc1ccc(Oc2cc(Br)ccc2F)nc1. The lowest BCUT2D eigenvalue weighted by Crippen LogP contribution is -2.11. The summed E-state index contributed by atoms with van der Waals surface area (Å²) in [6, 6.07) is 8.17. The Balaban J connectivity index is 2.08. The van der Waals surface area contributed by atoms with E-state index in [1.54, 1.807) is 24.4 Å². The summed E-state index contributed by atoms with van der Waals surface area (Å²) in [6.07, 6.45) is 1.72. The van der Waals surface area contributed by atoms with Gasteiger partial charge in [0.2, 0.25) is 5.88 Å². The maximum absolute atomic E-state index is 13.5. The third-order valence-electron chi connectivity index (χ3n) is 2.48. The molecule has 0 saturated carbocycles. The minimum absolute atomic E-state index is 0.154. The predicted molar refractivity (Wildman–Crippen MR) is 75.8 cm³/mol. The van der Waals surface area contributed by atoms with E-state index in [1.807, 2.05) is 13.0 Å². The Morgan fingerprint density at radius 1 is 1.32 bits per heavy atom. The van der Waals surface area contributed by atoms with Gasteiger partial charge >= 0.3 is 0 Å². The summed E-state index contributed by atoms with van der Waals surface area (Å²) in [5.41, 5.74) is 1.06. The van der Waals surface area contributed by atoms with Gasteiger partial charge in [-0.15, -0.1) is 0 Å². The molecule has 0 radical (unpaired) electrons. The van der Waals surface area contributed by atoms with Crippen LogP contribution in [0.3, 0.4) is 0 Å². The zero-order valence-corrected chi connectivity index (χ0v) is 12.1. The van der Waals surface area contributed by atoms with Gasteiger partial charge in [-0.05, 0) is 30.3 Å². The maximum Gasteiger partial charge on any atom is 0.219 e. The van der Waals surface area contributed by atoms with Crippen LogP contribution in [0.2, 0.25) is 0 Å². The van der Waals surface area contributed by atoms with Crippen molar-refractivity contribution in [3.8, 4) is 11.6 Å². The Labute approximate surface area is 119 Å². The van der Waals surface area contributed by atoms with Crippen LogP contribution in [0, 0.1) is 5.82 Å². The molecule has 0 aliphatic carbocycles. The average Bonchev–Trinajstić information content (AvgIpc) is 2.42. The summed E-state index contributed by atoms with van der Waals surface area (Å²) < 4.78 is 19.7. The second kappa shape index (κ2) is 6.63. The summed E-state index contributed by atoms with van der Waals surface area (Å²) >= 11 is 3.27. The first-order chi connectivity index (χ1) is 9.19. The van der Waals surface area contributed by atoms with Crippen LogP contribution in [0.1, 0.15) is 12.5 Å². The second-order valence-electron chi connectivity index (χ2n) is 3.96. The highest BCUT2D eigenvalue weighted by Crippen LogP contribution is 2.26. The lowest BCUT2D eigenvalue weighted by atomic mass is 10.3. The molecule has 2 aromatic rings. The van der Waals surface area contributed by atoms with E-state index in [1.165, 1.54) is 6.07 Å². The minimum Gasteiger partial charge on any atom is -0.436 e. The molecule has 0 aliphatic heterocycles. The Hall–Kier alpha value is -1.46. The molecule has 5 heteroatoms. The third-order valence-corrected chi connectivity index (χ3v) is 2.98. The van der Waals surface area contributed by atoms with E-state index in [9.17, 15) is 4.39 Å². The highest BCUT2D eigenvalue weighted by molar-refractivity contribution is 9.10. The molecule has 0 bridgehead atoms. The molecule has 0 aliphatic rings. The molecule has 19 heavy (non-hydrogen) atoms. The van der Waals surface area contributed by atoms with Gasteiger partial charge in [-0.2, -0.15) is 0 Å². The molecular formula is C14H14BrFN2O. The first-order valence-electron chi connectivity index (χ1n) is 5.97. The van der Waals surface area contributed by atoms with E-state index >= 15 is 0 Å². The molecule has 0 unspecified atom stereocenters. The number of nitrogens with one attached hydrogen (secondary N) is 1. The van der Waals surface area contributed by atoms with Crippen LogP contribution in [-0.2, 0) is 6.54 Å². The smallest absolute Gasteiger partial charge is 0.219 e. The standard InChI is InChI=1S/C14H14BrFN2O/c1-2-17-8-10-3-6-14(18-9-10)19-13-7-11(15)4-5-12(13)16/h3-7,9,17H,2,8H2,1H3. The van der Waals surface area contributed by atoms with Gasteiger partial charge in [0.05, 0.1) is 0 Å².